The van der Waals surface area contributed by atoms with E-state index in [-0.39, 0.29) is 18.6 Å². The molecule has 1 aromatic rings. The number of ether oxygens (including phenoxy) is 2. The van der Waals surface area contributed by atoms with Crippen molar-refractivity contribution in [1.29, 1.82) is 0 Å². The number of hydrogen-bond donors (Lipinski definition) is 1. The molecular weight excluding hydrogens is 306 g/mol. The van der Waals surface area contributed by atoms with Crippen molar-refractivity contribution in [2.45, 2.75) is 31.8 Å². The maximum Gasteiger partial charge on any atom is 0.327 e. The zero-order valence-corrected chi connectivity index (χ0v) is 14.1. The van der Waals surface area contributed by atoms with Crippen LogP contribution in [0.15, 0.2) is 35.3 Å². The number of carbonyl (C=O) groups is 1. The first-order chi connectivity index (χ1) is 11.8. The average molecular weight is 331 g/mol. The predicted octanol–water partition coefficient (Wildman–Crippen LogP) is 1.73. The molecule has 2 heterocycles. The van der Waals surface area contributed by atoms with Crippen LogP contribution in [0, 0.1) is 0 Å². The van der Waals surface area contributed by atoms with Gasteiger partial charge in [0.2, 0.25) is 0 Å². The average Bonchev–Trinajstić information content (AvgIpc) is 3.06. The van der Waals surface area contributed by atoms with E-state index in [9.17, 15) is 4.79 Å². The molecule has 2 aliphatic rings. The van der Waals surface area contributed by atoms with Crippen molar-refractivity contribution in [3.05, 3.63) is 35.9 Å². The Morgan fingerprint density at radius 1 is 1.33 bits per heavy atom. The first-order valence-electron chi connectivity index (χ1n) is 8.66. The summed E-state index contributed by atoms with van der Waals surface area (Å²) in [5.74, 6) is -0.318. The minimum Gasteiger partial charge on any atom is -0.465 e. The molecule has 0 aliphatic carbocycles. The molecule has 0 spiro atoms. The van der Waals surface area contributed by atoms with Crippen molar-refractivity contribution in [3.63, 3.8) is 0 Å². The Morgan fingerprint density at radius 3 is 2.79 bits per heavy atom. The first-order valence-corrected chi connectivity index (χ1v) is 8.66. The highest BCUT2D eigenvalue weighted by Gasteiger charge is 2.37. The maximum atomic E-state index is 11.6. The van der Waals surface area contributed by atoms with Gasteiger partial charge in [-0.2, -0.15) is 0 Å². The molecule has 0 bridgehead atoms. The summed E-state index contributed by atoms with van der Waals surface area (Å²) in [5, 5.41) is 3.39. The summed E-state index contributed by atoms with van der Waals surface area (Å²) < 4.78 is 10.8. The lowest BCUT2D eigenvalue weighted by Gasteiger charge is -2.35. The van der Waals surface area contributed by atoms with Gasteiger partial charge in [-0.1, -0.05) is 30.3 Å². The summed E-state index contributed by atoms with van der Waals surface area (Å²) >= 11 is 0. The zero-order valence-electron chi connectivity index (χ0n) is 14.1. The van der Waals surface area contributed by atoms with Gasteiger partial charge in [0.15, 0.2) is 0 Å². The Morgan fingerprint density at radius 2 is 2.08 bits per heavy atom. The van der Waals surface area contributed by atoms with Crippen LogP contribution in [0.3, 0.4) is 0 Å². The maximum absolute atomic E-state index is 11.6. The lowest BCUT2D eigenvalue weighted by molar-refractivity contribution is -0.141. The van der Waals surface area contributed by atoms with E-state index in [1.807, 2.05) is 18.2 Å². The highest BCUT2D eigenvalue weighted by molar-refractivity contribution is 5.80. The normalized spacial score (nSPS) is 23.3. The fourth-order valence-electron chi connectivity index (χ4n) is 3.34. The third kappa shape index (κ3) is 3.87. The molecule has 0 radical (unpaired) electrons. The van der Waals surface area contributed by atoms with E-state index in [1.165, 1.54) is 5.56 Å². The van der Waals surface area contributed by atoms with E-state index < -0.39 is 0 Å². The summed E-state index contributed by atoms with van der Waals surface area (Å²) in [5.41, 5.74) is 1.22. The molecule has 6 nitrogen and oxygen atoms in total. The lowest BCUT2D eigenvalue weighted by Crippen LogP contribution is -2.45. The van der Waals surface area contributed by atoms with Gasteiger partial charge in [0.25, 0.3) is 6.02 Å². The largest absolute Gasteiger partial charge is 0.465 e. The Labute approximate surface area is 142 Å². The van der Waals surface area contributed by atoms with Crippen molar-refractivity contribution in [3.8, 4) is 0 Å². The van der Waals surface area contributed by atoms with Crippen LogP contribution in [0.1, 0.15) is 31.4 Å². The summed E-state index contributed by atoms with van der Waals surface area (Å²) in [6.07, 6.45) is 2.09. The summed E-state index contributed by atoms with van der Waals surface area (Å²) in [7, 11) is 0. The van der Waals surface area contributed by atoms with Crippen LogP contribution in [-0.4, -0.2) is 55.8 Å². The number of carbonyl (C=O) groups excluding carboxylic acids is 1. The van der Waals surface area contributed by atoms with Gasteiger partial charge >= 0.3 is 5.97 Å². The van der Waals surface area contributed by atoms with Gasteiger partial charge in [-0.3, -0.25) is 4.79 Å². The molecule has 0 unspecified atom stereocenters. The number of benzene rings is 1. The van der Waals surface area contributed by atoms with Gasteiger partial charge in [-0.05, 0) is 38.4 Å². The molecule has 0 aromatic heterocycles. The van der Waals surface area contributed by atoms with E-state index in [2.05, 4.69) is 27.3 Å². The van der Waals surface area contributed by atoms with E-state index in [0.29, 0.717) is 25.3 Å². The van der Waals surface area contributed by atoms with Gasteiger partial charge in [-0.15, -0.1) is 0 Å². The number of piperidine rings is 1. The van der Waals surface area contributed by atoms with E-state index in [0.717, 1.165) is 25.9 Å². The van der Waals surface area contributed by atoms with Crippen LogP contribution >= 0.6 is 0 Å². The highest BCUT2D eigenvalue weighted by Crippen LogP contribution is 2.32. The van der Waals surface area contributed by atoms with Gasteiger partial charge in [-0.25, -0.2) is 4.99 Å². The summed E-state index contributed by atoms with van der Waals surface area (Å²) in [6.45, 7) is 4.72. The van der Waals surface area contributed by atoms with Gasteiger partial charge in [0.05, 0.1) is 12.6 Å². The summed E-state index contributed by atoms with van der Waals surface area (Å²) in [6, 6.07) is 11.4. The SMILES string of the molecule is CCOC(=O)CN=C1OC[C@@H](c2ccccc2)N1C1CCNCC1. The second-order valence-corrected chi connectivity index (χ2v) is 6.03. The minimum atomic E-state index is -0.318. The van der Waals surface area contributed by atoms with Crippen molar-refractivity contribution >= 4 is 12.0 Å². The molecular formula is C18H25N3O3. The smallest absolute Gasteiger partial charge is 0.327 e. The Hall–Kier alpha value is -2.08. The van der Waals surface area contributed by atoms with Crippen molar-refractivity contribution in [2.24, 2.45) is 4.99 Å². The molecule has 2 saturated heterocycles. The molecule has 2 fully saturated rings. The molecule has 0 saturated carbocycles. The number of hydrogen-bond acceptors (Lipinski definition) is 5. The Bertz CT molecular complexity index is 570. The third-order valence-electron chi connectivity index (χ3n) is 4.46. The van der Waals surface area contributed by atoms with Crippen molar-refractivity contribution in [1.82, 2.24) is 10.2 Å². The van der Waals surface area contributed by atoms with E-state index in [4.69, 9.17) is 9.47 Å². The fourth-order valence-corrected chi connectivity index (χ4v) is 3.34. The van der Waals surface area contributed by atoms with Crippen LogP contribution in [0.2, 0.25) is 0 Å². The van der Waals surface area contributed by atoms with Crippen LogP contribution < -0.4 is 5.32 Å². The van der Waals surface area contributed by atoms with Crippen molar-refractivity contribution in [2.75, 3.05) is 32.8 Å². The molecule has 0 amide bonds. The monoisotopic (exact) mass is 331 g/mol. The Kier molecular flexibility index (Phi) is 5.69. The number of nitrogens with zero attached hydrogens (tertiary/aromatic N) is 2. The quantitative estimate of drug-likeness (QED) is 0.833. The lowest BCUT2D eigenvalue weighted by atomic mass is 10.0. The van der Waals surface area contributed by atoms with Crippen LogP contribution in [-0.2, 0) is 14.3 Å². The standard InChI is InChI=1S/C18H25N3O3/c1-2-23-17(22)12-20-18-21(15-8-10-19-11-9-15)16(13-24-18)14-6-4-3-5-7-14/h3-7,15-16,19H,2,8-13H2,1H3/t16-/m0/s1. The topological polar surface area (TPSA) is 63.2 Å². The predicted molar refractivity (Wildman–Crippen MR) is 91.8 cm³/mol. The van der Waals surface area contributed by atoms with Crippen LogP contribution in [0.5, 0.6) is 0 Å². The second kappa shape index (κ2) is 8.15. The van der Waals surface area contributed by atoms with Gasteiger partial charge in [0.1, 0.15) is 13.2 Å². The number of nitrogens with one attached hydrogen (secondary N) is 1. The number of aliphatic imine (C=N–C) groups is 1. The van der Waals surface area contributed by atoms with Crippen LogP contribution in [0.4, 0.5) is 0 Å². The first kappa shape index (κ1) is 16.8. The minimum absolute atomic E-state index is 0.00610. The molecule has 1 atom stereocenters. The molecule has 3 rings (SSSR count). The number of rotatable bonds is 5. The molecule has 24 heavy (non-hydrogen) atoms. The zero-order chi connectivity index (χ0) is 16.8. The third-order valence-corrected chi connectivity index (χ3v) is 4.46. The van der Waals surface area contributed by atoms with Crippen LogP contribution in [0.25, 0.3) is 0 Å². The van der Waals surface area contributed by atoms with E-state index in [1.54, 1.807) is 6.92 Å². The molecule has 130 valence electrons. The fraction of sp³-hybridized carbons (Fsp3) is 0.556. The molecule has 6 heteroatoms. The second-order valence-electron chi connectivity index (χ2n) is 6.03. The highest BCUT2D eigenvalue weighted by atomic mass is 16.5. The Balaban J connectivity index is 1.80. The van der Waals surface area contributed by atoms with E-state index >= 15 is 0 Å². The van der Waals surface area contributed by atoms with Gasteiger partial charge < -0.3 is 19.7 Å². The molecule has 2 aliphatic heterocycles. The number of amidine groups is 1. The number of esters is 1. The summed E-state index contributed by atoms with van der Waals surface area (Å²) in [4.78, 5) is 18.3. The molecule has 1 aromatic carbocycles. The van der Waals surface area contributed by atoms with Crippen molar-refractivity contribution < 1.29 is 14.3 Å². The molecule has 1 N–H and O–H groups in total. The van der Waals surface area contributed by atoms with Gasteiger partial charge in [0, 0.05) is 6.04 Å².